The number of piperidine rings is 1. The fourth-order valence-corrected chi connectivity index (χ4v) is 4.81. The lowest BCUT2D eigenvalue weighted by atomic mass is 9.80. The second kappa shape index (κ2) is 13.9. The molecule has 0 saturated carbocycles. The lowest BCUT2D eigenvalue weighted by Crippen LogP contribution is -2.50. The monoisotopic (exact) mass is 575 g/mol. The number of rotatable bonds is 4. The smallest absolute Gasteiger partial charge is 0.475 e. The van der Waals surface area contributed by atoms with Gasteiger partial charge in [-0.15, -0.1) is 11.3 Å². The molecule has 2 aromatic heterocycles. The number of thiophene rings is 1. The number of aromatic amines is 1. The number of alkyl halides is 6. The quantitative estimate of drug-likeness (QED) is 0.470. The molecule has 0 amide bonds. The number of hydrogen-bond donors (Lipinski definition) is 3. The van der Waals surface area contributed by atoms with Gasteiger partial charge in [0.1, 0.15) is 0 Å². The Bertz CT molecular complexity index is 966. The summed E-state index contributed by atoms with van der Waals surface area (Å²) in [5.41, 5.74) is 1.26. The zero-order valence-corrected chi connectivity index (χ0v) is 20.8. The van der Waals surface area contributed by atoms with Crippen molar-refractivity contribution in [2.24, 2.45) is 5.41 Å². The van der Waals surface area contributed by atoms with Crippen molar-refractivity contribution in [1.82, 2.24) is 25.2 Å². The Morgan fingerprint density at radius 1 is 1.05 bits per heavy atom. The zero-order valence-electron chi connectivity index (χ0n) is 20.0. The van der Waals surface area contributed by atoms with Gasteiger partial charge in [0.15, 0.2) is 0 Å². The van der Waals surface area contributed by atoms with E-state index in [0.29, 0.717) is 0 Å². The molecule has 2 aliphatic rings. The first-order valence-corrected chi connectivity index (χ1v) is 12.1. The van der Waals surface area contributed by atoms with Crippen molar-refractivity contribution in [2.75, 3.05) is 39.4 Å². The largest absolute Gasteiger partial charge is 0.490 e. The van der Waals surface area contributed by atoms with Crippen LogP contribution in [0.3, 0.4) is 0 Å². The summed E-state index contributed by atoms with van der Waals surface area (Å²) in [4.78, 5) is 24.3. The number of H-pyrrole nitrogens is 1. The maximum absolute atomic E-state index is 10.6. The number of ether oxygens (including phenoxy) is 1. The highest BCUT2D eigenvalue weighted by Gasteiger charge is 2.40. The molecular formula is C21H27F6N5O5S. The first-order valence-electron chi connectivity index (χ1n) is 11.2. The number of nitrogens with zero attached hydrogens (tertiary/aromatic N) is 4. The van der Waals surface area contributed by atoms with Crippen LogP contribution in [0.1, 0.15) is 23.4 Å². The molecule has 0 radical (unpaired) electrons. The average molecular weight is 576 g/mol. The molecule has 4 rings (SSSR count). The van der Waals surface area contributed by atoms with E-state index in [0.717, 1.165) is 51.6 Å². The van der Waals surface area contributed by atoms with Crippen LogP contribution in [0.2, 0.25) is 0 Å². The molecule has 1 spiro atoms. The Balaban J connectivity index is 0.000000301. The van der Waals surface area contributed by atoms with E-state index in [1.165, 1.54) is 24.3 Å². The molecule has 4 heterocycles. The third-order valence-corrected chi connectivity index (χ3v) is 6.42. The highest BCUT2D eigenvalue weighted by molar-refractivity contribution is 7.09. The van der Waals surface area contributed by atoms with Crippen molar-refractivity contribution in [3.05, 3.63) is 34.3 Å². The standard InChI is InChI=1S/C17H25N5OS.2C2HF3O2/c1-3-16(24-8-1)11-21-5-2-4-17(12-21)13-22(6-7-23-14-17)10-15-9-18-20-19-15;2*3-2(4,5)1(6)7/h1,3,8-9H,2,4-7,10-14H2,(H,18,19,20);2*(H,6,7). The molecule has 2 fully saturated rings. The van der Waals surface area contributed by atoms with Gasteiger partial charge in [0.05, 0.1) is 25.1 Å². The van der Waals surface area contributed by atoms with Crippen molar-refractivity contribution in [3.8, 4) is 0 Å². The maximum atomic E-state index is 10.6. The molecule has 2 aromatic rings. The summed E-state index contributed by atoms with van der Waals surface area (Å²) in [6.07, 6.45) is -5.84. The van der Waals surface area contributed by atoms with Gasteiger partial charge < -0.3 is 14.9 Å². The number of aliphatic carboxylic acids is 2. The first-order chi connectivity index (χ1) is 17.7. The summed E-state index contributed by atoms with van der Waals surface area (Å²) in [5.74, 6) is -5.51. The van der Waals surface area contributed by atoms with Crippen molar-refractivity contribution < 1.29 is 50.9 Å². The lowest BCUT2D eigenvalue weighted by molar-refractivity contribution is -0.193. The lowest BCUT2D eigenvalue weighted by Gasteiger charge is -2.43. The van der Waals surface area contributed by atoms with Crippen LogP contribution < -0.4 is 0 Å². The second-order valence-electron chi connectivity index (χ2n) is 8.72. The van der Waals surface area contributed by atoms with Gasteiger partial charge in [-0.1, -0.05) is 6.07 Å². The van der Waals surface area contributed by atoms with E-state index < -0.39 is 24.3 Å². The summed E-state index contributed by atoms with van der Waals surface area (Å²) in [5, 5.41) is 27.3. The van der Waals surface area contributed by atoms with Crippen molar-refractivity contribution >= 4 is 23.3 Å². The van der Waals surface area contributed by atoms with Gasteiger partial charge in [0, 0.05) is 43.0 Å². The van der Waals surface area contributed by atoms with Crippen LogP contribution in [0, 0.1) is 5.41 Å². The van der Waals surface area contributed by atoms with E-state index in [1.54, 1.807) is 0 Å². The summed E-state index contributed by atoms with van der Waals surface area (Å²) >= 11 is 1.86. The van der Waals surface area contributed by atoms with Crippen molar-refractivity contribution in [1.29, 1.82) is 0 Å². The molecule has 3 N–H and O–H groups in total. The second-order valence-corrected chi connectivity index (χ2v) is 9.76. The van der Waals surface area contributed by atoms with Gasteiger partial charge in [-0.3, -0.25) is 9.80 Å². The van der Waals surface area contributed by atoms with E-state index in [4.69, 9.17) is 24.5 Å². The predicted molar refractivity (Wildman–Crippen MR) is 121 cm³/mol. The number of aromatic nitrogens is 3. The third kappa shape index (κ3) is 10.9. The number of carboxylic acids is 2. The third-order valence-electron chi connectivity index (χ3n) is 5.55. The Kier molecular flexibility index (Phi) is 11.5. The van der Waals surface area contributed by atoms with Crippen LogP contribution >= 0.6 is 11.3 Å². The number of carbonyl (C=O) groups is 2. The first kappa shape index (κ1) is 31.5. The number of carboxylic acid groups (broad SMARTS) is 2. The molecule has 0 aromatic carbocycles. The van der Waals surface area contributed by atoms with Gasteiger partial charge in [-0.25, -0.2) is 9.59 Å². The van der Waals surface area contributed by atoms with Crippen LogP contribution in [-0.2, 0) is 27.4 Å². The van der Waals surface area contributed by atoms with E-state index in [9.17, 15) is 26.3 Å². The summed E-state index contributed by atoms with van der Waals surface area (Å²) in [6, 6.07) is 4.39. The molecule has 214 valence electrons. The molecule has 17 heteroatoms. The predicted octanol–water partition coefficient (Wildman–Crippen LogP) is 3.25. The van der Waals surface area contributed by atoms with E-state index in [-0.39, 0.29) is 5.41 Å². The minimum atomic E-state index is -5.08. The summed E-state index contributed by atoms with van der Waals surface area (Å²) < 4.78 is 69.5. The molecule has 0 aliphatic carbocycles. The van der Waals surface area contributed by atoms with Crippen molar-refractivity contribution in [3.63, 3.8) is 0 Å². The van der Waals surface area contributed by atoms with Crippen LogP contribution in [-0.4, -0.2) is 99.1 Å². The fraction of sp³-hybridized carbons (Fsp3) is 0.619. The number of hydrogen-bond acceptors (Lipinski definition) is 8. The summed E-state index contributed by atoms with van der Waals surface area (Å²) in [6.45, 7) is 7.99. The van der Waals surface area contributed by atoms with Crippen molar-refractivity contribution in [2.45, 2.75) is 38.3 Å². The van der Waals surface area contributed by atoms with Gasteiger partial charge in [-0.05, 0) is 30.8 Å². The highest BCUT2D eigenvalue weighted by atomic mass is 32.1. The average Bonchev–Trinajstić information content (AvgIpc) is 3.47. The maximum Gasteiger partial charge on any atom is 0.490 e. The van der Waals surface area contributed by atoms with Gasteiger partial charge in [0.25, 0.3) is 0 Å². The topological polar surface area (TPSA) is 132 Å². The SMILES string of the molecule is O=C(O)C(F)(F)F.O=C(O)C(F)(F)F.c1csc(CN2CCCC3(COCCN(Cc4cn[nH]n4)C3)C2)c1. The van der Waals surface area contributed by atoms with Crippen LogP contribution in [0.25, 0.3) is 0 Å². The van der Waals surface area contributed by atoms with E-state index in [1.807, 2.05) is 17.5 Å². The Morgan fingerprint density at radius 2 is 1.66 bits per heavy atom. The van der Waals surface area contributed by atoms with E-state index in [2.05, 4.69) is 42.7 Å². The Morgan fingerprint density at radius 3 is 2.16 bits per heavy atom. The number of likely N-dealkylation sites (tertiary alicyclic amines) is 1. The molecule has 1 atom stereocenters. The molecule has 2 aliphatic heterocycles. The van der Waals surface area contributed by atoms with Crippen LogP contribution in [0.4, 0.5) is 26.3 Å². The molecular weight excluding hydrogens is 548 g/mol. The van der Waals surface area contributed by atoms with Crippen LogP contribution in [0.15, 0.2) is 23.7 Å². The Labute approximate surface area is 217 Å². The van der Waals surface area contributed by atoms with E-state index >= 15 is 0 Å². The minimum Gasteiger partial charge on any atom is -0.475 e. The normalized spacial score (nSPS) is 21.0. The molecule has 2 saturated heterocycles. The van der Waals surface area contributed by atoms with Gasteiger partial charge in [0.2, 0.25) is 0 Å². The Hall–Kier alpha value is -2.76. The van der Waals surface area contributed by atoms with Gasteiger partial charge in [-0.2, -0.15) is 41.8 Å². The molecule has 38 heavy (non-hydrogen) atoms. The van der Waals surface area contributed by atoms with Crippen LogP contribution in [0.5, 0.6) is 0 Å². The molecule has 0 bridgehead atoms. The number of nitrogens with one attached hydrogen (secondary N) is 1. The summed E-state index contributed by atoms with van der Waals surface area (Å²) in [7, 11) is 0. The fourth-order valence-electron chi connectivity index (χ4n) is 4.06. The highest BCUT2D eigenvalue weighted by Crippen LogP contribution is 2.34. The number of halogens is 6. The van der Waals surface area contributed by atoms with Gasteiger partial charge >= 0.3 is 24.3 Å². The minimum absolute atomic E-state index is 0.246. The molecule has 10 nitrogen and oxygen atoms in total. The zero-order chi connectivity index (χ0) is 28.4. The molecule has 1 unspecified atom stereocenters.